The van der Waals surface area contributed by atoms with Crippen molar-refractivity contribution in [1.82, 2.24) is 19.8 Å². The number of carbonyl (C=O) groups excluding carboxylic acids is 2. The Morgan fingerprint density at radius 2 is 1.85 bits per heavy atom. The number of pyridine rings is 2. The van der Waals surface area contributed by atoms with Gasteiger partial charge in [-0.1, -0.05) is 6.07 Å². The lowest BCUT2D eigenvalue weighted by Gasteiger charge is -2.39. The molecule has 1 aliphatic heterocycles. The van der Waals surface area contributed by atoms with Gasteiger partial charge in [-0.15, -0.1) is 0 Å². The van der Waals surface area contributed by atoms with Crippen molar-refractivity contribution in [2.75, 3.05) is 32.1 Å². The van der Waals surface area contributed by atoms with Gasteiger partial charge in [-0.2, -0.15) is 5.26 Å². The third kappa shape index (κ3) is 7.11. The normalized spacial score (nSPS) is 17.9. The van der Waals surface area contributed by atoms with E-state index in [1.54, 1.807) is 35.9 Å². The first kappa shape index (κ1) is 32.5. The number of amides is 2. The van der Waals surface area contributed by atoms with E-state index in [2.05, 4.69) is 15.6 Å². The molecule has 3 heterocycles. The number of nitrogens with one attached hydrogen (secondary N) is 2. The Balaban J connectivity index is 1.35. The van der Waals surface area contributed by atoms with Crippen molar-refractivity contribution in [1.29, 1.82) is 5.26 Å². The zero-order chi connectivity index (χ0) is 33.7. The molecule has 1 atom stereocenters. The molecule has 0 bridgehead atoms. The fourth-order valence-electron chi connectivity index (χ4n) is 6.13. The number of aromatic nitrogens is 2. The minimum atomic E-state index is -2.95. The number of hydrogen-bond donors (Lipinski definition) is 2. The van der Waals surface area contributed by atoms with Crippen LogP contribution in [0.5, 0.6) is 0 Å². The monoisotopic (exact) mass is 644 g/mol. The first-order valence-corrected chi connectivity index (χ1v) is 15.8. The quantitative estimate of drug-likeness (QED) is 0.286. The molecule has 3 fully saturated rings. The molecule has 2 saturated carbocycles. The second-order valence-electron chi connectivity index (χ2n) is 13.6. The van der Waals surface area contributed by atoms with E-state index in [4.69, 9.17) is 4.74 Å². The molecule has 6 rings (SSSR count). The van der Waals surface area contributed by atoms with Crippen LogP contribution in [0.15, 0.2) is 47.4 Å². The van der Waals surface area contributed by atoms with Crippen molar-refractivity contribution in [2.24, 2.45) is 0 Å². The van der Waals surface area contributed by atoms with Gasteiger partial charge < -0.3 is 24.8 Å². The second kappa shape index (κ2) is 12.3. The van der Waals surface area contributed by atoms with Crippen LogP contribution in [0, 0.1) is 11.3 Å². The summed E-state index contributed by atoms with van der Waals surface area (Å²) in [4.78, 5) is 46.5. The molecule has 2 aliphatic carbocycles. The standard InChI is InChI=1S/C35H38F2N6O4/c1-20(41-34(2,3)19-47-4)24-12-28(33(46)43(16-24)25-8-9-25)31(44)40-30-14-23(13-29(39-30)22-6-7-22)26-10-5-21(15-38)11-27(26)32(45)42-17-35(36,37)18-42/h5,10-14,16,20,22,25,41H,6-9,17-19H2,1-4H3,(H,39,40,44). The van der Waals surface area contributed by atoms with E-state index in [0.29, 0.717) is 23.4 Å². The van der Waals surface area contributed by atoms with Gasteiger partial charge in [-0.3, -0.25) is 14.4 Å². The van der Waals surface area contributed by atoms with Crippen molar-refractivity contribution < 1.29 is 23.1 Å². The topological polar surface area (TPSA) is 129 Å². The highest BCUT2D eigenvalue weighted by Gasteiger charge is 2.46. The summed E-state index contributed by atoms with van der Waals surface area (Å²) < 4.78 is 34.3. The van der Waals surface area contributed by atoms with Gasteiger partial charge in [0.25, 0.3) is 23.3 Å². The first-order valence-electron chi connectivity index (χ1n) is 15.8. The number of methoxy groups -OCH3 is 1. The Labute approximate surface area is 271 Å². The molecule has 3 aliphatic rings. The molecule has 3 aromatic rings. The highest BCUT2D eigenvalue weighted by atomic mass is 19.3. The Hall–Kier alpha value is -4.47. The molecule has 246 valence electrons. The van der Waals surface area contributed by atoms with Crippen molar-refractivity contribution in [3.8, 4) is 17.2 Å². The maximum atomic E-state index is 13.8. The predicted octanol–water partition coefficient (Wildman–Crippen LogP) is 5.41. The van der Waals surface area contributed by atoms with Crippen LogP contribution in [-0.4, -0.2) is 64.5 Å². The number of rotatable bonds is 11. The lowest BCUT2D eigenvalue weighted by atomic mass is 9.95. The molecule has 1 saturated heterocycles. The van der Waals surface area contributed by atoms with Gasteiger partial charge in [-0.25, -0.2) is 13.8 Å². The summed E-state index contributed by atoms with van der Waals surface area (Å²) in [5.41, 5.74) is 2.03. The van der Waals surface area contributed by atoms with Gasteiger partial charge in [0.2, 0.25) is 0 Å². The summed E-state index contributed by atoms with van der Waals surface area (Å²) in [6, 6.07) is 11.5. The maximum Gasteiger partial charge on any atom is 0.282 e. The van der Waals surface area contributed by atoms with Gasteiger partial charge in [0.15, 0.2) is 0 Å². The lowest BCUT2D eigenvalue weighted by Crippen LogP contribution is -2.58. The van der Waals surface area contributed by atoms with Crippen molar-refractivity contribution in [2.45, 2.75) is 75.9 Å². The summed E-state index contributed by atoms with van der Waals surface area (Å²) in [6.45, 7) is 5.08. The van der Waals surface area contributed by atoms with Gasteiger partial charge in [0.05, 0.1) is 31.3 Å². The molecular formula is C35H38F2N6O4. The van der Waals surface area contributed by atoms with E-state index in [-0.39, 0.29) is 51.6 Å². The van der Waals surface area contributed by atoms with Crippen LogP contribution in [0.4, 0.5) is 14.6 Å². The SMILES string of the molecule is COCC(C)(C)NC(C)c1cc(C(=O)Nc2cc(-c3ccc(C#N)cc3C(=O)N3CC(F)(F)C3)cc(C3CC3)n2)c(=O)n(C2CC2)c1. The maximum absolute atomic E-state index is 13.8. The van der Waals surface area contributed by atoms with Crippen LogP contribution in [0.3, 0.4) is 0 Å². The summed E-state index contributed by atoms with van der Waals surface area (Å²) in [5.74, 6) is -3.80. The van der Waals surface area contributed by atoms with Crippen LogP contribution in [0.2, 0.25) is 0 Å². The Kier molecular flexibility index (Phi) is 8.48. The molecule has 0 spiro atoms. The predicted molar refractivity (Wildman–Crippen MR) is 172 cm³/mol. The largest absolute Gasteiger partial charge is 0.383 e. The summed E-state index contributed by atoms with van der Waals surface area (Å²) in [5, 5.41) is 15.8. The number of anilines is 1. The number of ether oxygens (including phenoxy) is 1. The van der Waals surface area contributed by atoms with Crippen molar-refractivity contribution in [3.05, 3.63) is 80.9 Å². The number of nitrogens with zero attached hydrogens (tertiary/aromatic N) is 4. The zero-order valence-electron chi connectivity index (χ0n) is 26.9. The highest BCUT2D eigenvalue weighted by molar-refractivity contribution is 6.05. The minimum absolute atomic E-state index is 0.0132. The molecule has 12 heteroatoms. The van der Waals surface area contributed by atoms with Crippen molar-refractivity contribution in [3.63, 3.8) is 0 Å². The number of nitriles is 1. The fourth-order valence-corrected chi connectivity index (χ4v) is 6.13. The molecular weight excluding hydrogens is 606 g/mol. The Morgan fingerprint density at radius 3 is 2.47 bits per heavy atom. The number of halogens is 2. The molecule has 1 unspecified atom stereocenters. The number of likely N-dealkylation sites (tertiary alicyclic amines) is 1. The Bertz CT molecular complexity index is 1830. The molecule has 2 amide bonds. The van der Waals surface area contributed by atoms with Gasteiger partial charge in [-0.05, 0) is 93.5 Å². The van der Waals surface area contributed by atoms with Gasteiger partial charge in [0, 0.05) is 48.1 Å². The average molecular weight is 645 g/mol. The number of benzene rings is 1. The van der Waals surface area contributed by atoms with Crippen LogP contribution < -0.4 is 16.2 Å². The highest BCUT2D eigenvalue weighted by Crippen LogP contribution is 2.42. The van der Waals surface area contributed by atoms with Crippen LogP contribution in [0.1, 0.15) is 102 Å². The van der Waals surface area contributed by atoms with Crippen molar-refractivity contribution >= 4 is 17.6 Å². The zero-order valence-corrected chi connectivity index (χ0v) is 26.9. The van der Waals surface area contributed by atoms with Gasteiger partial charge >= 0.3 is 0 Å². The van der Waals surface area contributed by atoms with E-state index in [1.165, 1.54) is 6.07 Å². The van der Waals surface area contributed by atoms with Gasteiger partial charge in [0.1, 0.15) is 11.4 Å². The van der Waals surface area contributed by atoms with Crippen LogP contribution in [-0.2, 0) is 4.74 Å². The molecule has 2 N–H and O–H groups in total. The summed E-state index contributed by atoms with van der Waals surface area (Å²) >= 11 is 0. The summed E-state index contributed by atoms with van der Waals surface area (Å²) in [7, 11) is 1.63. The van der Waals surface area contributed by atoms with Crippen LogP contribution >= 0.6 is 0 Å². The van der Waals surface area contributed by atoms with E-state index < -0.39 is 30.8 Å². The van der Waals surface area contributed by atoms with E-state index in [1.807, 2.05) is 39.1 Å². The molecule has 0 radical (unpaired) electrons. The number of hydrogen-bond acceptors (Lipinski definition) is 7. The third-order valence-electron chi connectivity index (χ3n) is 8.77. The van der Waals surface area contributed by atoms with E-state index >= 15 is 0 Å². The first-order chi connectivity index (χ1) is 22.3. The van der Waals surface area contributed by atoms with E-state index in [9.17, 15) is 28.4 Å². The average Bonchev–Trinajstić information content (AvgIpc) is 3.92. The van der Waals surface area contributed by atoms with E-state index in [0.717, 1.165) is 36.1 Å². The molecule has 47 heavy (non-hydrogen) atoms. The minimum Gasteiger partial charge on any atom is -0.383 e. The number of alkyl halides is 2. The lowest BCUT2D eigenvalue weighted by molar-refractivity contribution is -0.113. The van der Waals surface area contributed by atoms with Crippen LogP contribution in [0.25, 0.3) is 11.1 Å². The fraction of sp³-hybridized carbons (Fsp3) is 0.457. The molecule has 10 nitrogen and oxygen atoms in total. The summed E-state index contributed by atoms with van der Waals surface area (Å²) in [6.07, 6.45) is 5.35. The molecule has 2 aromatic heterocycles. The number of carbonyl (C=O) groups is 2. The Morgan fingerprint density at radius 1 is 1.13 bits per heavy atom. The third-order valence-corrected chi connectivity index (χ3v) is 8.77. The smallest absolute Gasteiger partial charge is 0.282 e. The second-order valence-corrected chi connectivity index (χ2v) is 13.6. The molecule has 1 aromatic carbocycles.